The Bertz CT molecular complexity index is 926. The molecule has 0 aromatic heterocycles. The van der Waals surface area contributed by atoms with Gasteiger partial charge in [0.1, 0.15) is 6.61 Å². The molecule has 0 heterocycles. The van der Waals surface area contributed by atoms with Crippen LogP contribution in [0.2, 0.25) is 0 Å². The summed E-state index contributed by atoms with van der Waals surface area (Å²) in [4.78, 5) is 42.3. The summed E-state index contributed by atoms with van der Waals surface area (Å²) in [5.41, 5.74) is 0. The molecule has 0 unspecified atom stereocenters. The molecule has 0 radical (unpaired) electrons. The standard InChI is InChI=1S/C33H57O11P/c1-3-5-7-8-9-14-18-24-32(37)42-26-29(27-43-45(39,40)41)44-33(38)25-19-23-31(36)30(35)22-17-13-11-10-12-16-21-28(34)20-15-6-4-2/h10-13,16-17,21-22,28-31,34-36H,3-9,14-15,18-20,23-27H2,1-2H3,(H2,39,40,41)/b12-10-,13-11+,21-16+,22-17+/t28-,29+,30-,31-/m0/s1. The number of allylic oxidation sites excluding steroid dienone is 6. The molecule has 0 aromatic rings. The lowest BCUT2D eigenvalue weighted by molar-refractivity contribution is -0.161. The Morgan fingerprint density at radius 3 is 1.87 bits per heavy atom. The van der Waals surface area contributed by atoms with Crippen molar-refractivity contribution in [1.29, 1.82) is 0 Å². The third kappa shape index (κ3) is 29.1. The molecule has 0 amide bonds. The van der Waals surface area contributed by atoms with Crippen LogP contribution >= 0.6 is 7.82 Å². The summed E-state index contributed by atoms with van der Waals surface area (Å²) < 4.78 is 25.9. The Balaban J connectivity index is 4.46. The summed E-state index contributed by atoms with van der Waals surface area (Å²) in [6, 6.07) is 0. The highest BCUT2D eigenvalue weighted by Gasteiger charge is 2.23. The van der Waals surface area contributed by atoms with E-state index in [9.17, 15) is 29.5 Å². The quantitative estimate of drug-likeness (QED) is 0.0298. The lowest BCUT2D eigenvalue weighted by Crippen LogP contribution is -2.29. The van der Waals surface area contributed by atoms with Crippen molar-refractivity contribution in [3.63, 3.8) is 0 Å². The predicted octanol–water partition coefficient (Wildman–Crippen LogP) is 5.75. The molecular formula is C33H57O11P. The van der Waals surface area contributed by atoms with Crippen LogP contribution in [0.4, 0.5) is 0 Å². The molecule has 45 heavy (non-hydrogen) atoms. The number of carbonyl (C=O) groups excluding carboxylic acids is 2. The fourth-order valence-corrected chi connectivity index (χ4v) is 4.47. The molecule has 12 heteroatoms. The zero-order valence-electron chi connectivity index (χ0n) is 27.1. The Kier molecular flexibility index (Phi) is 26.8. The molecule has 0 saturated heterocycles. The lowest BCUT2D eigenvalue weighted by Gasteiger charge is -2.19. The number of aliphatic hydroxyl groups excluding tert-OH is 3. The fraction of sp³-hybridized carbons (Fsp3) is 0.697. The van der Waals surface area contributed by atoms with E-state index in [-0.39, 0.29) is 25.7 Å². The molecule has 0 spiro atoms. The first kappa shape index (κ1) is 42.9. The Labute approximate surface area is 269 Å². The van der Waals surface area contributed by atoms with Crippen molar-refractivity contribution in [2.75, 3.05) is 13.2 Å². The summed E-state index contributed by atoms with van der Waals surface area (Å²) in [6.07, 6.45) is 21.0. The number of hydrogen-bond acceptors (Lipinski definition) is 9. The third-order valence-corrected chi connectivity index (χ3v) is 7.20. The van der Waals surface area contributed by atoms with Crippen molar-refractivity contribution in [2.24, 2.45) is 0 Å². The number of phosphoric acid groups is 1. The van der Waals surface area contributed by atoms with Gasteiger partial charge in [-0.05, 0) is 25.7 Å². The van der Waals surface area contributed by atoms with E-state index in [1.54, 1.807) is 42.5 Å². The second-order valence-corrected chi connectivity index (χ2v) is 12.2. The zero-order valence-corrected chi connectivity index (χ0v) is 28.0. The van der Waals surface area contributed by atoms with Gasteiger partial charge in [0.25, 0.3) is 0 Å². The molecule has 4 atom stereocenters. The smallest absolute Gasteiger partial charge is 0.462 e. The number of rotatable bonds is 28. The van der Waals surface area contributed by atoms with E-state index in [0.29, 0.717) is 6.42 Å². The Hall–Kier alpha value is -2.11. The molecule has 11 nitrogen and oxygen atoms in total. The van der Waals surface area contributed by atoms with E-state index in [2.05, 4.69) is 18.4 Å². The highest BCUT2D eigenvalue weighted by Crippen LogP contribution is 2.35. The minimum absolute atomic E-state index is 0.0900. The summed E-state index contributed by atoms with van der Waals surface area (Å²) in [7, 11) is -4.84. The lowest BCUT2D eigenvalue weighted by atomic mass is 10.1. The van der Waals surface area contributed by atoms with Crippen molar-refractivity contribution < 1.29 is 53.3 Å². The van der Waals surface area contributed by atoms with Crippen molar-refractivity contribution >= 4 is 19.8 Å². The van der Waals surface area contributed by atoms with Gasteiger partial charge in [0.15, 0.2) is 6.10 Å². The van der Waals surface area contributed by atoms with Crippen LogP contribution in [0.25, 0.3) is 0 Å². The van der Waals surface area contributed by atoms with Gasteiger partial charge in [-0.2, -0.15) is 0 Å². The SMILES string of the molecule is CCCCCCCCCC(=O)OC[C@H](COP(=O)(O)O)OC(=O)CCC[C@H](O)[C@@H](O)/C=C/C=C/C=C\C=C\[C@@H](O)CCCCC. The van der Waals surface area contributed by atoms with Crippen LogP contribution in [0, 0.1) is 0 Å². The highest BCUT2D eigenvalue weighted by molar-refractivity contribution is 7.46. The van der Waals surface area contributed by atoms with Gasteiger partial charge in [-0.3, -0.25) is 14.1 Å². The second-order valence-electron chi connectivity index (χ2n) is 11.0. The van der Waals surface area contributed by atoms with E-state index >= 15 is 0 Å². The fourth-order valence-electron chi connectivity index (χ4n) is 4.11. The third-order valence-electron chi connectivity index (χ3n) is 6.72. The van der Waals surface area contributed by atoms with Crippen LogP contribution in [0.15, 0.2) is 48.6 Å². The number of phosphoric ester groups is 1. The number of ether oxygens (including phenoxy) is 2. The maximum Gasteiger partial charge on any atom is 0.469 e. The van der Waals surface area contributed by atoms with E-state index in [0.717, 1.165) is 51.4 Å². The van der Waals surface area contributed by atoms with Gasteiger partial charge >= 0.3 is 19.8 Å². The molecule has 0 rings (SSSR count). The predicted molar refractivity (Wildman–Crippen MR) is 174 cm³/mol. The number of unbranched alkanes of at least 4 members (excludes halogenated alkanes) is 8. The van der Waals surface area contributed by atoms with Crippen molar-refractivity contribution in [3.8, 4) is 0 Å². The number of aliphatic hydroxyl groups is 3. The topological polar surface area (TPSA) is 180 Å². The van der Waals surface area contributed by atoms with E-state index in [4.69, 9.17) is 19.3 Å². The molecule has 0 aliphatic rings. The average molecular weight is 661 g/mol. The summed E-state index contributed by atoms with van der Waals surface area (Å²) >= 11 is 0. The minimum Gasteiger partial charge on any atom is -0.462 e. The first-order chi connectivity index (χ1) is 21.5. The molecule has 0 aliphatic carbocycles. The molecule has 5 N–H and O–H groups in total. The normalized spacial score (nSPS) is 15.3. The molecular weight excluding hydrogens is 603 g/mol. The number of esters is 2. The summed E-state index contributed by atoms with van der Waals surface area (Å²) in [5.74, 6) is -1.23. The minimum atomic E-state index is -4.84. The van der Waals surface area contributed by atoms with E-state index < -0.39 is 57.4 Å². The van der Waals surface area contributed by atoms with Crippen LogP contribution in [-0.4, -0.2) is 74.7 Å². The molecule has 260 valence electrons. The Morgan fingerprint density at radius 2 is 1.22 bits per heavy atom. The van der Waals surface area contributed by atoms with Crippen LogP contribution < -0.4 is 0 Å². The van der Waals surface area contributed by atoms with Gasteiger partial charge in [-0.15, -0.1) is 0 Å². The monoisotopic (exact) mass is 660 g/mol. The van der Waals surface area contributed by atoms with E-state index in [1.165, 1.54) is 18.9 Å². The van der Waals surface area contributed by atoms with Crippen LogP contribution in [0.5, 0.6) is 0 Å². The van der Waals surface area contributed by atoms with Gasteiger partial charge in [-0.1, -0.05) is 120 Å². The van der Waals surface area contributed by atoms with Gasteiger partial charge < -0.3 is 34.6 Å². The van der Waals surface area contributed by atoms with Crippen molar-refractivity contribution in [1.82, 2.24) is 0 Å². The van der Waals surface area contributed by atoms with Crippen LogP contribution in [0.1, 0.15) is 110 Å². The average Bonchev–Trinajstić information content (AvgIpc) is 2.98. The van der Waals surface area contributed by atoms with Gasteiger partial charge in [0.05, 0.1) is 24.9 Å². The Morgan fingerprint density at radius 1 is 0.667 bits per heavy atom. The highest BCUT2D eigenvalue weighted by atomic mass is 31.2. The first-order valence-electron chi connectivity index (χ1n) is 16.3. The number of carbonyl (C=O) groups is 2. The van der Waals surface area contributed by atoms with Gasteiger partial charge in [0, 0.05) is 12.8 Å². The van der Waals surface area contributed by atoms with E-state index in [1.807, 2.05) is 0 Å². The summed E-state index contributed by atoms with van der Waals surface area (Å²) in [5, 5.41) is 30.1. The van der Waals surface area contributed by atoms with Crippen LogP contribution in [0.3, 0.4) is 0 Å². The first-order valence-corrected chi connectivity index (χ1v) is 17.8. The molecule has 0 fully saturated rings. The maximum absolute atomic E-state index is 12.3. The molecule has 0 saturated carbocycles. The van der Waals surface area contributed by atoms with Crippen LogP contribution in [-0.2, 0) is 28.2 Å². The molecule has 0 aromatic carbocycles. The van der Waals surface area contributed by atoms with Crippen molar-refractivity contribution in [2.45, 2.75) is 135 Å². The number of hydrogen-bond donors (Lipinski definition) is 5. The molecule has 0 bridgehead atoms. The second kappa shape index (κ2) is 28.1. The maximum atomic E-state index is 12.3. The molecule has 0 aliphatic heterocycles. The zero-order chi connectivity index (χ0) is 33.8. The van der Waals surface area contributed by atoms with Gasteiger partial charge in [0.2, 0.25) is 0 Å². The summed E-state index contributed by atoms with van der Waals surface area (Å²) in [6.45, 7) is 3.19. The van der Waals surface area contributed by atoms with Crippen molar-refractivity contribution in [3.05, 3.63) is 48.6 Å². The van der Waals surface area contributed by atoms with Gasteiger partial charge in [-0.25, -0.2) is 4.57 Å². The largest absolute Gasteiger partial charge is 0.469 e.